The summed E-state index contributed by atoms with van der Waals surface area (Å²) in [6.07, 6.45) is 6.92. The Hall–Kier alpha value is -3.11. The van der Waals surface area contributed by atoms with Gasteiger partial charge in [-0.1, -0.05) is 54.6 Å². The third-order valence-corrected chi connectivity index (χ3v) is 7.15. The predicted molar refractivity (Wildman–Crippen MR) is 129 cm³/mol. The fourth-order valence-electron chi connectivity index (χ4n) is 4.69. The van der Waals surface area contributed by atoms with Gasteiger partial charge in [0.15, 0.2) is 5.78 Å². The molecule has 32 heavy (non-hydrogen) atoms. The Morgan fingerprint density at radius 3 is 2.22 bits per heavy atom. The number of fused-ring (bicyclic) bond motifs is 1. The third kappa shape index (κ3) is 3.91. The summed E-state index contributed by atoms with van der Waals surface area (Å²) in [6.45, 7) is 0. The van der Waals surface area contributed by atoms with E-state index in [0.29, 0.717) is 11.3 Å². The molecule has 3 nitrogen and oxygen atoms in total. The smallest absolute Gasteiger partial charge is 0.322 e. The number of thioether (sulfide) groups is 1. The second-order valence-electron chi connectivity index (χ2n) is 8.31. The van der Waals surface area contributed by atoms with Crippen molar-refractivity contribution < 1.29 is 14.3 Å². The molecule has 0 aromatic heterocycles. The highest BCUT2D eigenvalue weighted by molar-refractivity contribution is 7.98. The van der Waals surface area contributed by atoms with E-state index in [1.165, 1.54) is 21.6 Å². The summed E-state index contributed by atoms with van der Waals surface area (Å²) in [4.78, 5) is 27.0. The maximum absolute atomic E-state index is 13.1. The molecule has 1 aliphatic heterocycles. The number of allylic oxidation sites excluding steroid dienone is 2. The van der Waals surface area contributed by atoms with E-state index in [-0.39, 0.29) is 11.7 Å². The average molecular weight is 441 g/mol. The van der Waals surface area contributed by atoms with Crippen LogP contribution in [0.2, 0.25) is 0 Å². The minimum Gasteiger partial charge on any atom is -0.425 e. The van der Waals surface area contributed by atoms with Crippen molar-refractivity contribution in [2.24, 2.45) is 11.8 Å². The van der Waals surface area contributed by atoms with Gasteiger partial charge in [0.1, 0.15) is 11.7 Å². The zero-order valence-electron chi connectivity index (χ0n) is 17.9. The number of rotatable bonds is 4. The molecular formula is C28H24O3S. The van der Waals surface area contributed by atoms with Gasteiger partial charge in [-0.2, -0.15) is 0 Å². The maximum atomic E-state index is 13.1. The first kappa shape index (κ1) is 20.8. The number of para-hydroxylation sites is 1. The number of hydrogen-bond acceptors (Lipinski definition) is 4. The number of carbonyl (C=O) groups excluding carboxylic acids is 2. The summed E-state index contributed by atoms with van der Waals surface area (Å²) in [7, 11) is 0. The van der Waals surface area contributed by atoms with Crippen molar-refractivity contribution >= 4 is 29.1 Å². The van der Waals surface area contributed by atoms with Crippen LogP contribution in [0.25, 0.3) is 16.7 Å². The largest absolute Gasteiger partial charge is 0.425 e. The van der Waals surface area contributed by atoms with Crippen molar-refractivity contribution in [3.8, 4) is 16.9 Å². The lowest BCUT2D eigenvalue weighted by atomic mass is 9.76. The molecule has 1 aliphatic carbocycles. The van der Waals surface area contributed by atoms with E-state index in [2.05, 4.69) is 60.9 Å². The minimum absolute atomic E-state index is 0.122. The van der Waals surface area contributed by atoms with Crippen LogP contribution in [0.4, 0.5) is 0 Å². The van der Waals surface area contributed by atoms with Gasteiger partial charge in [-0.25, -0.2) is 0 Å². The Balaban J connectivity index is 1.39. The first-order valence-electron chi connectivity index (χ1n) is 10.9. The minimum atomic E-state index is -0.755. The van der Waals surface area contributed by atoms with E-state index >= 15 is 0 Å². The van der Waals surface area contributed by atoms with E-state index in [1.54, 1.807) is 30.0 Å². The monoisotopic (exact) mass is 440 g/mol. The van der Waals surface area contributed by atoms with Crippen molar-refractivity contribution in [1.82, 2.24) is 0 Å². The number of hydrogen-bond donors (Lipinski definition) is 0. The molecule has 3 aromatic rings. The van der Waals surface area contributed by atoms with Gasteiger partial charge < -0.3 is 4.74 Å². The quantitative estimate of drug-likeness (QED) is 0.196. The molecule has 0 saturated carbocycles. The molecule has 0 radical (unpaired) electrons. The second-order valence-corrected chi connectivity index (χ2v) is 9.19. The molecule has 0 saturated heterocycles. The molecule has 5 rings (SSSR count). The zero-order valence-corrected chi connectivity index (χ0v) is 18.7. The normalized spacial score (nSPS) is 20.3. The predicted octanol–water partition coefficient (Wildman–Crippen LogP) is 6.68. The highest BCUT2D eigenvalue weighted by atomic mass is 32.2. The second kappa shape index (κ2) is 8.79. The Morgan fingerprint density at radius 2 is 1.50 bits per heavy atom. The van der Waals surface area contributed by atoms with E-state index in [1.807, 2.05) is 6.07 Å². The SMILES string of the molecule is CSc1ccc(-c2ccc(C3=CC(C4C(=O)Oc5ccccc5C4=O)CCC3)cc2)cc1. The van der Waals surface area contributed by atoms with Crippen LogP contribution < -0.4 is 4.74 Å². The van der Waals surface area contributed by atoms with Gasteiger partial charge in [-0.3, -0.25) is 9.59 Å². The van der Waals surface area contributed by atoms with Gasteiger partial charge in [0.05, 0.1) is 5.56 Å². The Morgan fingerprint density at radius 1 is 0.844 bits per heavy atom. The molecule has 0 spiro atoms. The average Bonchev–Trinajstić information content (AvgIpc) is 2.84. The van der Waals surface area contributed by atoms with E-state index in [0.717, 1.165) is 24.8 Å². The molecule has 4 heteroatoms. The Bertz CT molecular complexity index is 1190. The van der Waals surface area contributed by atoms with Crippen LogP contribution in [0, 0.1) is 11.8 Å². The molecule has 0 amide bonds. The molecule has 0 bridgehead atoms. The molecule has 2 atom stereocenters. The molecule has 3 aromatic carbocycles. The maximum Gasteiger partial charge on any atom is 0.322 e. The molecule has 160 valence electrons. The molecule has 0 N–H and O–H groups in total. The Labute approximate surface area is 192 Å². The number of carbonyl (C=O) groups is 2. The topological polar surface area (TPSA) is 43.4 Å². The van der Waals surface area contributed by atoms with Crippen molar-refractivity contribution in [3.05, 3.63) is 90.0 Å². The zero-order chi connectivity index (χ0) is 22.1. The van der Waals surface area contributed by atoms with Gasteiger partial charge in [0.2, 0.25) is 0 Å². The highest BCUT2D eigenvalue weighted by Gasteiger charge is 2.41. The summed E-state index contributed by atoms with van der Waals surface area (Å²) in [5.41, 5.74) is 5.23. The van der Waals surface area contributed by atoms with Gasteiger partial charge in [-0.05, 0) is 78.0 Å². The Kier molecular flexibility index (Phi) is 5.71. The standard InChI is InChI=1S/C28H24O3S/c1-32-23-15-13-19(14-16-23)18-9-11-20(12-10-18)21-5-4-6-22(17-21)26-27(29)24-7-2-3-8-25(24)31-28(26)30/h2-3,7-17,22,26H,4-6H2,1H3. The molecular weight excluding hydrogens is 416 g/mol. The lowest BCUT2D eigenvalue weighted by molar-refractivity contribution is -0.139. The fourth-order valence-corrected chi connectivity index (χ4v) is 5.10. The lowest BCUT2D eigenvalue weighted by Crippen LogP contribution is -2.38. The third-order valence-electron chi connectivity index (χ3n) is 6.41. The van der Waals surface area contributed by atoms with E-state index in [4.69, 9.17) is 4.74 Å². The summed E-state index contributed by atoms with van der Waals surface area (Å²) >= 11 is 1.74. The van der Waals surface area contributed by atoms with Crippen molar-refractivity contribution in [2.45, 2.75) is 24.2 Å². The summed E-state index contributed by atoms with van der Waals surface area (Å²) < 4.78 is 5.50. The summed E-state index contributed by atoms with van der Waals surface area (Å²) in [5.74, 6) is -1.07. The number of benzene rings is 3. The first-order valence-corrected chi connectivity index (χ1v) is 12.2. The molecule has 2 aliphatic rings. The van der Waals surface area contributed by atoms with E-state index in [9.17, 15) is 9.59 Å². The van der Waals surface area contributed by atoms with Crippen molar-refractivity contribution in [3.63, 3.8) is 0 Å². The number of Topliss-reactive ketones (excluding diaryl/α,β-unsaturated/α-hetero) is 1. The fraction of sp³-hybridized carbons (Fsp3) is 0.214. The first-order chi connectivity index (χ1) is 15.6. The summed E-state index contributed by atoms with van der Waals surface area (Å²) in [5, 5.41) is 0. The van der Waals surface area contributed by atoms with Crippen LogP contribution in [0.3, 0.4) is 0 Å². The van der Waals surface area contributed by atoms with Crippen LogP contribution >= 0.6 is 11.8 Å². The summed E-state index contributed by atoms with van der Waals surface area (Å²) in [6, 6.07) is 24.2. The number of esters is 1. The van der Waals surface area contributed by atoms with Crippen LogP contribution in [0.15, 0.2) is 83.8 Å². The van der Waals surface area contributed by atoms with Crippen LogP contribution in [0.5, 0.6) is 5.75 Å². The van der Waals surface area contributed by atoms with Crippen LogP contribution in [0.1, 0.15) is 35.2 Å². The van der Waals surface area contributed by atoms with Crippen LogP contribution in [-0.4, -0.2) is 18.0 Å². The van der Waals surface area contributed by atoms with Gasteiger partial charge in [0.25, 0.3) is 0 Å². The van der Waals surface area contributed by atoms with Crippen molar-refractivity contribution in [1.29, 1.82) is 0 Å². The molecule has 1 heterocycles. The number of ketones is 1. The molecule has 2 unspecified atom stereocenters. The van der Waals surface area contributed by atoms with Crippen molar-refractivity contribution in [2.75, 3.05) is 6.26 Å². The lowest BCUT2D eigenvalue weighted by Gasteiger charge is -2.30. The van der Waals surface area contributed by atoms with E-state index < -0.39 is 11.9 Å². The van der Waals surface area contributed by atoms with Gasteiger partial charge >= 0.3 is 5.97 Å². The highest BCUT2D eigenvalue weighted by Crippen LogP contribution is 2.39. The van der Waals surface area contributed by atoms with Crippen LogP contribution in [-0.2, 0) is 4.79 Å². The molecule has 0 fully saturated rings. The van der Waals surface area contributed by atoms with Gasteiger partial charge in [0, 0.05) is 4.90 Å². The number of ether oxygens (including phenoxy) is 1. The van der Waals surface area contributed by atoms with Gasteiger partial charge in [-0.15, -0.1) is 11.8 Å².